The number of aryl methyl sites for hydroxylation is 1. The molecule has 23 heavy (non-hydrogen) atoms. The van der Waals surface area contributed by atoms with Crippen LogP contribution in [0, 0.1) is 12.8 Å². The zero-order valence-electron chi connectivity index (χ0n) is 13.1. The molecule has 1 aliphatic rings. The number of hydrogen-bond acceptors (Lipinski definition) is 4. The van der Waals surface area contributed by atoms with E-state index in [0.717, 1.165) is 36.3 Å². The van der Waals surface area contributed by atoms with Gasteiger partial charge in [0.25, 0.3) is 0 Å². The SMILES string of the molecule is Cc1cnc(-c2cccc(NC(=O)C[C@@H]3CCC[C@H]3N)c2)o1.Cl. The summed E-state index contributed by atoms with van der Waals surface area (Å²) in [6.07, 6.45) is 5.37. The predicted octanol–water partition coefficient (Wildman–Crippen LogP) is 3.53. The lowest BCUT2D eigenvalue weighted by molar-refractivity contribution is -0.117. The van der Waals surface area contributed by atoms with E-state index in [0.29, 0.717) is 18.2 Å². The molecule has 0 unspecified atom stereocenters. The molecule has 3 rings (SSSR count). The summed E-state index contributed by atoms with van der Waals surface area (Å²) in [5, 5.41) is 2.94. The summed E-state index contributed by atoms with van der Waals surface area (Å²) in [5.74, 6) is 1.65. The first-order valence-electron chi connectivity index (χ1n) is 7.70. The number of aromatic nitrogens is 1. The summed E-state index contributed by atoms with van der Waals surface area (Å²) >= 11 is 0. The zero-order valence-corrected chi connectivity index (χ0v) is 13.9. The van der Waals surface area contributed by atoms with Gasteiger partial charge in [0.2, 0.25) is 11.8 Å². The van der Waals surface area contributed by atoms with Gasteiger partial charge in [0.15, 0.2) is 0 Å². The zero-order chi connectivity index (χ0) is 15.5. The van der Waals surface area contributed by atoms with Crippen LogP contribution in [0.25, 0.3) is 11.5 Å². The molecule has 0 aliphatic heterocycles. The van der Waals surface area contributed by atoms with E-state index in [9.17, 15) is 4.79 Å². The third-order valence-corrected chi connectivity index (χ3v) is 4.18. The number of oxazole rings is 1. The van der Waals surface area contributed by atoms with Crippen LogP contribution in [0.3, 0.4) is 0 Å². The number of nitrogens with two attached hydrogens (primary N) is 1. The monoisotopic (exact) mass is 335 g/mol. The van der Waals surface area contributed by atoms with E-state index in [-0.39, 0.29) is 24.4 Å². The molecule has 124 valence electrons. The Morgan fingerprint density at radius 2 is 2.26 bits per heavy atom. The quantitative estimate of drug-likeness (QED) is 0.895. The highest BCUT2D eigenvalue weighted by molar-refractivity contribution is 5.91. The molecular weight excluding hydrogens is 314 g/mol. The number of carbonyl (C=O) groups excluding carboxylic acids is 1. The minimum absolute atomic E-state index is 0. The molecule has 6 heteroatoms. The van der Waals surface area contributed by atoms with Gasteiger partial charge in [-0.05, 0) is 43.9 Å². The van der Waals surface area contributed by atoms with Crippen molar-refractivity contribution in [1.29, 1.82) is 0 Å². The van der Waals surface area contributed by atoms with Gasteiger partial charge in [0.1, 0.15) is 5.76 Å². The van der Waals surface area contributed by atoms with Crippen molar-refractivity contribution >= 4 is 24.0 Å². The summed E-state index contributed by atoms with van der Waals surface area (Å²) in [7, 11) is 0. The number of halogens is 1. The minimum atomic E-state index is 0. The summed E-state index contributed by atoms with van der Waals surface area (Å²) in [6, 6.07) is 7.69. The topological polar surface area (TPSA) is 81.2 Å². The van der Waals surface area contributed by atoms with Gasteiger partial charge in [-0.25, -0.2) is 4.98 Å². The highest BCUT2D eigenvalue weighted by Crippen LogP contribution is 2.27. The van der Waals surface area contributed by atoms with Gasteiger partial charge < -0.3 is 15.5 Å². The third kappa shape index (κ3) is 4.33. The molecule has 1 amide bonds. The Hall–Kier alpha value is -1.85. The molecule has 2 atom stereocenters. The van der Waals surface area contributed by atoms with E-state index in [4.69, 9.17) is 10.2 Å². The maximum Gasteiger partial charge on any atom is 0.226 e. The van der Waals surface area contributed by atoms with Crippen LogP contribution in [0.5, 0.6) is 0 Å². The number of nitrogens with zero attached hydrogens (tertiary/aromatic N) is 1. The molecule has 1 heterocycles. The van der Waals surface area contributed by atoms with Crippen molar-refractivity contribution in [1.82, 2.24) is 4.98 Å². The van der Waals surface area contributed by atoms with Crippen LogP contribution in [0.15, 0.2) is 34.9 Å². The highest BCUT2D eigenvalue weighted by Gasteiger charge is 2.26. The van der Waals surface area contributed by atoms with E-state index in [2.05, 4.69) is 10.3 Å². The smallest absolute Gasteiger partial charge is 0.226 e. The molecular formula is C17H22ClN3O2. The summed E-state index contributed by atoms with van der Waals surface area (Å²) < 4.78 is 5.51. The average molecular weight is 336 g/mol. The first-order valence-corrected chi connectivity index (χ1v) is 7.70. The van der Waals surface area contributed by atoms with Crippen molar-refractivity contribution < 1.29 is 9.21 Å². The average Bonchev–Trinajstić information content (AvgIpc) is 3.09. The molecule has 3 N–H and O–H groups in total. The Labute approximate surface area is 142 Å². The van der Waals surface area contributed by atoms with E-state index in [1.165, 1.54) is 0 Å². The molecule has 1 fully saturated rings. The fraction of sp³-hybridized carbons (Fsp3) is 0.412. The molecule has 0 radical (unpaired) electrons. The molecule has 0 spiro atoms. The second kappa shape index (κ2) is 7.62. The van der Waals surface area contributed by atoms with Gasteiger partial charge >= 0.3 is 0 Å². The van der Waals surface area contributed by atoms with Gasteiger partial charge in [-0.1, -0.05) is 12.5 Å². The standard InChI is InChI=1S/C17H21N3O2.ClH/c1-11-10-19-17(22-11)13-5-2-6-14(8-13)20-16(21)9-12-4-3-7-15(12)18;/h2,5-6,8,10,12,15H,3-4,7,9,18H2,1H3,(H,20,21);1H/t12-,15+;/m0./s1. The maximum absolute atomic E-state index is 12.2. The van der Waals surface area contributed by atoms with Crippen molar-refractivity contribution in [2.24, 2.45) is 11.7 Å². The van der Waals surface area contributed by atoms with Crippen molar-refractivity contribution in [2.45, 2.75) is 38.6 Å². The molecule has 5 nitrogen and oxygen atoms in total. The Bertz CT molecular complexity index is 671. The first-order chi connectivity index (χ1) is 10.6. The van der Waals surface area contributed by atoms with Gasteiger partial charge in [-0.15, -0.1) is 12.4 Å². The maximum atomic E-state index is 12.2. The van der Waals surface area contributed by atoms with Crippen LogP contribution in [0.4, 0.5) is 5.69 Å². The predicted molar refractivity (Wildman–Crippen MR) is 92.5 cm³/mol. The molecule has 0 saturated heterocycles. The lowest BCUT2D eigenvalue weighted by atomic mass is 10.00. The van der Waals surface area contributed by atoms with Crippen LogP contribution >= 0.6 is 12.4 Å². The third-order valence-electron chi connectivity index (χ3n) is 4.18. The minimum Gasteiger partial charge on any atom is -0.441 e. The highest BCUT2D eigenvalue weighted by atomic mass is 35.5. The Balaban J connectivity index is 0.00000192. The largest absolute Gasteiger partial charge is 0.441 e. The molecule has 1 aliphatic carbocycles. The fourth-order valence-electron chi connectivity index (χ4n) is 2.99. The number of nitrogens with one attached hydrogen (secondary N) is 1. The summed E-state index contributed by atoms with van der Waals surface area (Å²) in [4.78, 5) is 16.4. The number of hydrogen-bond donors (Lipinski definition) is 2. The van der Waals surface area contributed by atoms with Crippen molar-refractivity contribution in [3.8, 4) is 11.5 Å². The molecule has 0 bridgehead atoms. The van der Waals surface area contributed by atoms with Gasteiger partial charge in [0, 0.05) is 23.7 Å². The van der Waals surface area contributed by atoms with Crippen LogP contribution in [-0.2, 0) is 4.79 Å². The van der Waals surface area contributed by atoms with Gasteiger partial charge in [-0.2, -0.15) is 0 Å². The van der Waals surface area contributed by atoms with Crippen molar-refractivity contribution in [3.05, 3.63) is 36.2 Å². The van der Waals surface area contributed by atoms with Crippen LogP contribution < -0.4 is 11.1 Å². The normalized spacial score (nSPS) is 20.1. The second-order valence-electron chi connectivity index (χ2n) is 5.96. The van der Waals surface area contributed by atoms with Gasteiger partial charge in [0.05, 0.1) is 6.20 Å². The van der Waals surface area contributed by atoms with Crippen LogP contribution in [-0.4, -0.2) is 16.9 Å². The number of benzene rings is 1. The Kier molecular flexibility index (Phi) is 5.80. The number of amides is 1. The number of anilines is 1. The molecule has 1 aromatic heterocycles. The molecule has 1 saturated carbocycles. The second-order valence-corrected chi connectivity index (χ2v) is 5.96. The first kappa shape index (κ1) is 17.5. The van der Waals surface area contributed by atoms with Crippen molar-refractivity contribution in [2.75, 3.05) is 5.32 Å². The van der Waals surface area contributed by atoms with Crippen LogP contribution in [0.2, 0.25) is 0 Å². The number of carbonyl (C=O) groups is 1. The Morgan fingerprint density at radius 3 is 2.91 bits per heavy atom. The molecule has 1 aromatic carbocycles. The fourth-order valence-corrected chi connectivity index (χ4v) is 2.99. The van der Waals surface area contributed by atoms with E-state index in [1.54, 1.807) is 6.20 Å². The lowest BCUT2D eigenvalue weighted by Gasteiger charge is -2.14. The van der Waals surface area contributed by atoms with E-state index in [1.807, 2.05) is 31.2 Å². The van der Waals surface area contributed by atoms with Crippen LogP contribution in [0.1, 0.15) is 31.4 Å². The summed E-state index contributed by atoms with van der Waals surface area (Å²) in [6.45, 7) is 1.85. The van der Waals surface area contributed by atoms with Gasteiger partial charge in [-0.3, -0.25) is 4.79 Å². The van der Waals surface area contributed by atoms with E-state index < -0.39 is 0 Å². The van der Waals surface area contributed by atoms with Crippen molar-refractivity contribution in [3.63, 3.8) is 0 Å². The number of rotatable bonds is 4. The Morgan fingerprint density at radius 1 is 1.43 bits per heavy atom. The lowest BCUT2D eigenvalue weighted by Crippen LogP contribution is -2.28. The van der Waals surface area contributed by atoms with E-state index >= 15 is 0 Å². The molecule has 2 aromatic rings. The summed E-state index contributed by atoms with van der Waals surface area (Å²) in [5.41, 5.74) is 7.63.